The van der Waals surface area contributed by atoms with Crippen molar-refractivity contribution in [3.63, 3.8) is 0 Å². The van der Waals surface area contributed by atoms with E-state index in [1.165, 1.54) is 0 Å². The lowest BCUT2D eigenvalue weighted by Gasteiger charge is -2.08. The van der Waals surface area contributed by atoms with Crippen LogP contribution in [-0.2, 0) is 0 Å². The van der Waals surface area contributed by atoms with Gasteiger partial charge in [-0.15, -0.1) is 5.10 Å². The van der Waals surface area contributed by atoms with E-state index < -0.39 is 0 Å². The van der Waals surface area contributed by atoms with Gasteiger partial charge in [-0.2, -0.15) is 0 Å². The van der Waals surface area contributed by atoms with Crippen LogP contribution < -0.4 is 5.32 Å². The third-order valence-corrected chi connectivity index (χ3v) is 6.01. The van der Waals surface area contributed by atoms with Crippen LogP contribution in [-0.4, -0.2) is 20.7 Å². The summed E-state index contributed by atoms with van der Waals surface area (Å²) in [5, 5.41) is 8.02. The maximum absolute atomic E-state index is 12.9. The van der Waals surface area contributed by atoms with Gasteiger partial charge in [-0.3, -0.25) is 4.79 Å². The highest BCUT2D eigenvalue weighted by molar-refractivity contribution is 9.10. The summed E-state index contributed by atoms with van der Waals surface area (Å²) in [6, 6.07) is 19.1. The lowest BCUT2D eigenvalue weighted by Crippen LogP contribution is -2.14. The predicted octanol–water partition coefficient (Wildman–Crippen LogP) is 6.53. The molecule has 1 aromatic heterocycles. The first-order valence-electron chi connectivity index (χ1n) is 9.70. The van der Waals surface area contributed by atoms with E-state index in [1.54, 1.807) is 4.68 Å². The number of nitrogens with one attached hydrogen (secondary N) is 1. The molecule has 0 spiro atoms. The van der Waals surface area contributed by atoms with Gasteiger partial charge in [-0.25, -0.2) is 9.67 Å². The Kier molecular flexibility index (Phi) is 5.94. The van der Waals surface area contributed by atoms with Gasteiger partial charge in [-0.1, -0.05) is 51.8 Å². The standard InChI is InChI=1S/C24H20BrClN4O/c1-14-4-10-19(12-16(14)3)27-24(31)22-28-23(17-6-8-18(25)9-7-17)30(29-22)20-11-5-15(2)21(26)13-20/h4-13H,1-3H3,(H,27,31). The van der Waals surface area contributed by atoms with Crippen LogP contribution >= 0.6 is 27.5 Å². The van der Waals surface area contributed by atoms with Crippen molar-refractivity contribution in [3.05, 3.63) is 92.7 Å². The Morgan fingerprint density at radius 2 is 1.65 bits per heavy atom. The molecular formula is C24H20BrClN4O. The number of hydrogen-bond acceptors (Lipinski definition) is 3. The zero-order valence-electron chi connectivity index (χ0n) is 17.3. The molecule has 0 fully saturated rings. The van der Waals surface area contributed by atoms with Crippen LogP contribution in [0.1, 0.15) is 27.3 Å². The van der Waals surface area contributed by atoms with Crippen molar-refractivity contribution in [2.45, 2.75) is 20.8 Å². The van der Waals surface area contributed by atoms with Crippen LogP contribution in [0.15, 0.2) is 65.1 Å². The molecule has 4 rings (SSSR count). The molecule has 0 unspecified atom stereocenters. The smallest absolute Gasteiger partial charge is 0.295 e. The molecule has 0 bridgehead atoms. The topological polar surface area (TPSA) is 59.8 Å². The van der Waals surface area contributed by atoms with Crippen LogP contribution in [0.25, 0.3) is 17.1 Å². The van der Waals surface area contributed by atoms with Gasteiger partial charge in [0.1, 0.15) is 0 Å². The van der Waals surface area contributed by atoms with Crippen molar-refractivity contribution in [2.75, 3.05) is 5.32 Å². The molecule has 0 aliphatic rings. The monoisotopic (exact) mass is 494 g/mol. The molecule has 0 saturated heterocycles. The molecule has 1 amide bonds. The summed E-state index contributed by atoms with van der Waals surface area (Å²) < 4.78 is 2.59. The first-order chi connectivity index (χ1) is 14.8. The van der Waals surface area contributed by atoms with E-state index >= 15 is 0 Å². The number of halogens is 2. The zero-order chi connectivity index (χ0) is 22.1. The van der Waals surface area contributed by atoms with Gasteiger partial charge in [0.25, 0.3) is 5.91 Å². The highest BCUT2D eigenvalue weighted by Gasteiger charge is 2.19. The van der Waals surface area contributed by atoms with Crippen molar-refractivity contribution in [2.24, 2.45) is 0 Å². The SMILES string of the molecule is Cc1ccc(NC(=O)c2nc(-c3ccc(Br)cc3)n(-c3ccc(C)c(Cl)c3)n2)cc1C. The van der Waals surface area contributed by atoms with Crippen LogP contribution in [0, 0.1) is 20.8 Å². The molecule has 0 atom stereocenters. The lowest BCUT2D eigenvalue weighted by molar-refractivity contribution is 0.101. The van der Waals surface area contributed by atoms with E-state index in [9.17, 15) is 4.79 Å². The van der Waals surface area contributed by atoms with Crippen molar-refractivity contribution in [3.8, 4) is 17.1 Å². The highest BCUT2D eigenvalue weighted by Crippen LogP contribution is 2.26. The van der Waals surface area contributed by atoms with E-state index in [4.69, 9.17) is 11.6 Å². The molecular weight excluding hydrogens is 476 g/mol. The Labute approximate surface area is 194 Å². The first-order valence-corrected chi connectivity index (χ1v) is 10.9. The Balaban J connectivity index is 1.76. The second-order valence-electron chi connectivity index (χ2n) is 7.36. The Morgan fingerprint density at radius 3 is 2.32 bits per heavy atom. The van der Waals surface area contributed by atoms with E-state index in [2.05, 4.69) is 31.3 Å². The van der Waals surface area contributed by atoms with Gasteiger partial charge >= 0.3 is 0 Å². The summed E-state index contributed by atoms with van der Waals surface area (Å²) in [7, 11) is 0. The Hall–Kier alpha value is -2.96. The van der Waals surface area contributed by atoms with E-state index in [1.807, 2.05) is 81.4 Å². The van der Waals surface area contributed by atoms with Gasteiger partial charge in [0, 0.05) is 20.7 Å². The summed E-state index contributed by atoms with van der Waals surface area (Å²) in [4.78, 5) is 17.5. The number of amides is 1. The molecule has 0 radical (unpaired) electrons. The molecule has 3 aromatic carbocycles. The van der Waals surface area contributed by atoms with Gasteiger partial charge in [-0.05, 0) is 73.9 Å². The molecule has 7 heteroatoms. The second-order valence-corrected chi connectivity index (χ2v) is 8.69. The molecule has 4 aromatic rings. The van der Waals surface area contributed by atoms with Gasteiger partial charge in [0.05, 0.1) is 5.69 Å². The summed E-state index contributed by atoms with van der Waals surface area (Å²) >= 11 is 9.79. The zero-order valence-corrected chi connectivity index (χ0v) is 19.6. The number of anilines is 1. The summed E-state index contributed by atoms with van der Waals surface area (Å²) in [6.07, 6.45) is 0. The minimum Gasteiger partial charge on any atom is -0.319 e. The van der Waals surface area contributed by atoms with Crippen molar-refractivity contribution in [1.82, 2.24) is 14.8 Å². The van der Waals surface area contributed by atoms with Crippen LogP contribution in [0.5, 0.6) is 0 Å². The van der Waals surface area contributed by atoms with Gasteiger partial charge in [0.2, 0.25) is 5.82 Å². The average Bonchev–Trinajstić information content (AvgIpc) is 3.19. The number of benzene rings is 3. The molecule has 156 valence electrons. The number of carbonyl (C=O) groups is 1. The van der Waals surface area contributed by atoms with Crippen molar-refractivity contribution in [1.29, 1.82) is 0 Å². The maximum atomic E-state index is 12.9. The second kappa shape index (κ2) is 8.65. The minimum atomic E-state index is -0.376. The third kappa shape index (κ3) is 4.55. The van der Waals surface area contributed by atoms with E-state index in [0.29, 0.717) is 16.5 Å². The highest BCUT2D eigenvalue weighted by atomic mass is 79.9. The lowest BCUT2D eigenvalue weighted by atomic mass is 10.1. The fourth-order valence-electron chi connectivity index (χ4n) is 3.09. The van der Waals surface area contributed by atoms with Gasteiger partial charge in [0.15, 0.2) is 5.82 Å². The number of aromatic nitrogens is 3. The molecule has 1 heterocycles. The maximum Gasteiger partial charge on any atom is 0.295 e. The fraction of sp³-hybridized carbons (Fsp3) is 0.125. The minimum absolute atomic E-state index is 0.0767. The fourth-order valence-corrected chi connectivity index (χ4v) is 3.53. The van der Waals surface area contributed by atoms with Crippen molar-refractivity contribution < 1.29 is 4.79 Å². The van der Waals surface area contributed by atoms with Gasteiger partial charge < -0.3 is 5.32 Å². The van der Waals surface area contributed by atoms with Crippen molar-refractivity contribution >= 4 is 39.1 Å². The largest absolute Gasteiger partial charge is 0.319 e. The summed E-state index contributed by atoms with van der Waals surface area (Å²) in [5.41, 5.74) is 5.48. The number of carbonyl (C=O) groups excluding carboxylic acids is 1. The normalized spacial score (nSPS) is 10.9. The quantitative estimate of drug-likeness (QED) is 0.350. The summed E-state index contributed by atoms with van der Waals surface area (Å²) in [5.74, 6) is 0.254. The average molecular weight is 496 g/mol. The number of nitrogens with zero attached hydrogens (tertiary/aromatic N) is 3. The summed E-state index contributed by atoms with van der Waals surface area (Å²) in [6.45, 7) is 5.97. The Morgan fingerprint density at radius 1 is 0.935 bits per heavy atom. The van der Waals surface area contributed by atoms with Crippen LogP contribution in [0.3, 0.4) is 0 Å². The first kappa shape index (κ1) is 21.3. The predicted molar refractivity (Wildman–Crippen MR) is 128 cm³/mol. The molecule has 1 N–H and O–H groups in total. The number of hydrogen-bond donors (Lipinski definition) is 1. The third-order valence-electron chi connectivity index (χ3n) is 5.08. The number of aryl methyl sites for hydroxylation is 3. The molecule has 0 aliphatic carbocycles. The Bertz CT molecular complexity index is 1280. The molecule has 0 saturated carbocycles. The molecule has 5 nitrogen and oxygen atoms in total. The number of rotatable bonds is 4. The van der Waals surface area contributed by atoms with Crippen LogP contribution in [0.2, 0.25) is 5.02 Å². The molecule has 0 aliphatic heterocycles. The van der Waals surface area contributed by atoms with E-state index in [-0.39, 0.29) is 11.7 Å². The molecule has 31 heavy (non-hydrogen) atoms. The van der Waals surface area contributed by atoms with E-state index in [0.717, 1.165) is 32.4 Å². The van der Waals surface area contributed by atoms with Crippen LogP contribution in [0.4, 0.5) is 5.69 Å².